The molecule has 0 unspecified atom stereocenters. The van der Waals surface area contributed by atoms with Crippen LogP contribution < -0.4 is 5.56 Å². The highest BCUT2D eigenvalue weighted by Crippen LogP contribution is 2.11. The van der Waals surface area contributed by atoms with E-state index in [0.29, 0.717) is 6.61 Å². The Morgan fingerprint density at radius 2 is 2.27 bits per heavy atom. The predicted octanol–water partition coefficient (Wildman–Crippen LogP) is 0.786. The van der Waals surface area contributed by atoms with Crippen molar-refractivity contribution in [3.05, 3.63) is 33.4 Å². The molecule has 2 heterocycles. The molecule has 0 spiro atoms. The number of H-pyrrole nitrogens is 1. The van der Waals surface area contributed by atoms with Gasteiger partial charge < -0.3 is 9.72 Å². The molecular formula is C10H13N3O2. The van der Waals surface area contributed by atoms with Crippen molar-refractivity contribution >= 4 is 5.65 Å². The lowest BCUT2D eigenvalue weighted by atomic mass is 10.3. The Hall–Kier alpha value is -1.62. The van der Waals surface area contributed by atoms with Crippen LogP contribution in [-0.2, 0) is 11.3 Å². The largest absolute Gasteiger partial charge is 0.378 e. The van der Waals surface area contributed by atoms with Crippen molar-refractivity contribution in [2.45, 2.75) is 20.5 Å². The van der Waals surface area contributed by atoms with E-state index in [1.807, 2.05) is 13.8 Å². The minimum absolute atomic E-state index is 0.127. The second-order valence-electron chi connectivity index (χ2n) is 3.53. The first-order valence-electron chi connectivity index (χ1n) is 4.70. The van der Waals surface area contributed by atoms with Crippen molar-refractivity contribution in [2.24, 2.45) is 0 Å². The number of methoxy groups -OCH3 is 1. The molecule has 2 aromatic rings. The Labute approximate surface area is 86.7 Å². The third-order valence-electron chi connectivity index (χ3n) is 2.46. The molecule has 0 aliphatic rings. The van der Waals surface area contributed by atoms with E-state index in [9.17, 15) is 4.79 Å². The molecule has 2 rings (SSSR count). The topological polar surface area (TPSA) is 59.4 Å². The Morgan fingerprint density at radius 1 is 1.53 bits per heavy atom. The number of hydrogen-bond donors (Lipinski definition) is 1. The SMILES string of the molecule is COCc1cc(=O)[nH]c2c(C)c(C)nn12. The molecule has 2 aromatic heterocycles. The highest BCUT2D eigenvalue weighted by molar-refractivity contribution is 5.49. The summed E-state index contributed by atoms with van der Waals surface area (Å²) < 4.78 is 6.74. The van der Waals surface area contributed by atoms with Crippen LogP contribution >= 0.6 is 0 Å². The van der Waals surface area contributed by atoms with E-state index in [2.05, 4.69) is 10.1 Å². The number of fused-ring (bicyclic) bond motifs is 1. The van der Waals surface area contributed by atoms with Crippen LogP contribution in [0.1, 0.15) is 17.0 Å². The summed E-state index contributed by atoms with van der Waals surface area (Å²) >= 11 is 0. The van der Waals surface area contributed by atoms with Crippen LogP contribution in [-0.4, -0.2) is 21.7 Å². The number of aromatic nitrogens is 3. The molecule has 1 N–H and O–H groups in total. The molecule has 0 fully saturated rings. The molecule has 5 heteroatoms. The summed E-state index contributed by atoms with van der Waals surface area (Å²) in [6.45, 7) is 4.22. The quantitative estimate of drug-likeness (QED) is 0.791. The van der Waals surface area contributed by atoms with Gasteiger partial charge in [0.15, 0.2) is 0 Å². The third-order valence-corrected chi connectivity index (χ3v) is 2.46. The van der Waals surface area contributed by atoms with E-state index in [1.165, 1.54) is 6.07 Å². The molecule has 0 bridgehead atoms. The molecule has 0 amide bonds. The van der Waals surface area contributed by atoms with Crippen molar-refractivity contribution in [3.8, 4) is 0 Å². The van der Waals surface area contributed by atoms with Crippen molar-refractivity contribution in [1.82, 2.24) is 14.6 Å². The minimum atomic E-state index is -0.127. The standard InChI is InChI=1S/C10H13N3O2/c1-6-7(2)12-13-8(5-15-3)4-9(14)11-10(6)13/h4H,5H2,1-3H3,(H,11,14). The monoisotopic (exact) mass is 207 g/mol. The van der Waals surface area contributed by atoms with Crippen molar-refractivity contribution in [2.75, 3.05) is 7.11 Å². The summed E-state index contributed by atoms with van der Waals surface area (Å²) in [4.78, 5) is 14.2. The van der Waals surface area contributed by atoms with Crippen molar-refractivity contribution < 1.29 is 4.74 Å². The maximum absolute atomic E-state index is 11.4. The lowest BCUT2D eigenvalue weighted by Crippen LogP contribution is -2.12. The minimum Gasteiger partial charge on any atom is -0.378 e. The summed E-state index contributed by atoms with van der Waals surface area (Å²) in [5, 5.41) is 4.34. The Kier molecular flexibility index (Phi) is 2.32. The number of hydrogen-bond acceptors (Lipinski definition) is 3. The molecule has 0 atom stereocenters. The molecule has 0 aliphatic heterocycles. The summed E-state index contributed by atoms with van der Waals surface area (Å²) in [7, 11) is 1.59. The fourth-order valence-electron chi connectivity index (χ4n) is 1.58. The average molecular weight is 207 g/mol. The van der Waals surface area contributed by atoms with E-state index in [-0.39, 0.29) is 5.56 Å². The number of aromatic amines is 1. The Bertz CT molecular complexity index is 554. The van der Waals surface area contributed by atoms with Crippen LogP contribution in [0.25, 0.3) is 5.65 Å². The first-order valence-corrected chi connectivity index (χ1v) is 4.70. The lowest BCUT2D eigenvalue weighted by molar-refractivity contribution is 0.179. The molecule has 0 radical (unpaired) electrons. The van der Waals surface area contributed by atoms with Gasteiger partial charge in [-0.25, -0.2) is 4.52 Å². The fourth-order valence-corrected chi connectivity index (χ4v) is 1.58. The van der Waals surface area contributed by atoms with E-state index in [0.717, 1.165) is 22.6 Å². The molecule has 0 saturated carbocycles. The molecule has 0 aliphatic carbocycles. The van der Waals surface area contributed by atoms with Crippen molar-refractivity contribution in [3.63, 3.8) is 0 Å². The van der Waals surface area contributed by atoms with Crippen molar-refractivity contribution in [1.29, 1.82) is 0 Å². The third kappa shape index (κ3) is 1.55. The van der Waals surface area contributed by atoms with Gasteiger partial charge in [0.2, 0.25) is 0 Å². The highest BCUT2D eigenvalue weighted by atomic mass is 16.5. The zero-order valence-electron chi connectivity index (χ0n) is 9.00. The summed E-state index contributed by atoms with van der Waals surface area (Å²) in [6.07, 6.45) is 0. The number of aryl methyl sites for hydroxylation is 2. The predicted molar refractivity (Wildman–Crippen MR) is 56.0 cm³/mol. The molecular weight excluding hydrogens is 194 g/mol. The summed E-state index contributed by atoms with van der Waals surface area (Å²) in [6, 6.07) is 1.50. The summed E-state index contributed by atoms with van der Waals surface area (Å²) in [5.74, 6) is 0. The molecule has 15 heavy (non-hydrogen) atoms. The maximum atomic E-state index is 11.4. The number of ether oxygens (including phenoxy) is 1. The smallest absolute Gasteiger partial charge is 0.251 e. The number of nitrogens with zero attached hydrogens (tertiary/aromatic N) is 2. The molecule has 5 nitrogen and oxygen atoms in total. The van der Waals surface area contributed by atoms with Crippen LogP contribution in [0.5, 0.6) is 0 Å². The Morgan fingerprint density at radius 3 is 2.93 bits per heavy atom. The van der Waals surface area contributed by atoms with Gasteiger partial charge in [0.1, 0.15) is 5.65 Å². The van der Waals surface area contributed by atoms with Gasteiger partial charge in [0.05, 0.1) is 18.0 Å². The zero-order valence-corrected chi connectivity index (χ0v) is 9.00. The molecule has 0 saturated heterocycles. The fraction of sp³-hybridized carbons (Fsp3) is 0.400. The molecule has 0 aromatic carbocycles. The maximum Gasteiger partial charge on any atom is 0.251 e. The van der Waals surface area contributed by atoms with Gasteiger partial charge in [-0.2, -0.15) is 5.10 Å². The highest BCUT2D eigenvalue weighted by Gasteiger charge is 2.09. The van der Waals surface area contributed by atoms with Gasteiger partial charge >= 0.3 is 0 Å². The first-order chi connectivity index (χ1) is 7.13. The van der Waals surface area contributed by atoms with Gasteiger partial charge in [-0.15, -0.1) is 0 Å². The second kappa shape index (κ2) is 3.51. The van der Waals surface area contributed by atoms with Crippen LogP contribution in [0.3, 0.4) is 0 Å². The van der Waals surface area contributed by atoms with Gasteiger partial charge in [0, 0.05) is 18.7 Å². The van der Waals surface area contributed by atoms with Gasteiger partial charge in [-0.05, 0) is 13.8 Å². The second-order valence-corrected chi connectivity index (χ2v) is 3.53. The van der Waals surface area contributed by atoms with E-state index < -0.39 is 0 Å². The van der Waals surface area contributed by atoms with E-state index in [1.54, 1.807) is 11.6 Å². The van der Waals surface area contributed by atoms with Crippen LogP contribution in [0.15, 0.2) is 10.9 Å². The van der Waals surface area contributed by atoms with Crippen LogP contribution in [0.4, 0.5) is 0 Å². The van der Waals surface area contributed by atoms with E-state index >= 15 is 0 Å². The first kappa shape index (κ1) is 9.92. The normalized spacial score (nSPS) is 11.1. The summed E-state index contributed by atoms with van der Waals surface area (Å²) in [5.41, 5.74) is 3.27. The Balaban J connectivity index is 2.80. The lowest BCUT2D eigenvalue weighted by Gasteiger charge is -2.02. The average Bonchev–Trinajstić information content (AvgIpc) is 2.46. The van der Waals surface area contributed by atoms with Crippen LogP contribution in [0.2, 0.25) is 0 Å². The van der Waals surface area contributed by atoms with Gasteiger partial charge in [-0.1, -0.05) is 0 Å². The number of nitrogens with one attached hydrogen (secondary N) is 1. The number of rotatable bonds is 2. The van der Waals surface area contributed by atoms with Gasteiger partial charge in [-0.3, -0.25) is 4.79 Å². The van der Waals surface area contributed by atoms with Gasteiger partial charge in [0.25, 0.3) is 5.56 Å². The molecule has 80 valence electrons. The van der Waals surface area contributed by atoms with E-state index in [4.69, 9.17) is 4.74 Å². The zero-order chi connectivity index (χ0) is 11.0. The van der Waals surface area contributed by atoms with Crippen LogP contribution in [0, 0.1) is 13.8 Å².